The van der Waals surface area contributed by atoms with Crippen LogP contribution in [0.3, 0.4) is 0 Å². The molecule has 0 N–H and O–H groups in total. The molecule has 1 heterocycles. The number of nitrogens with zero attached hydrogens (tertiary/aromatic N) is 3. The summed E-state index contributed by atoms with van der Waals surface area (Å²) in [7, 11) is 0. The van der Waals surface area contributed by atoms with Crippen LogP contribution in [0.15, 0.2) is 36.4 Å². The number of halogens is 2. The van der Waals surface area contributed by atoms with E-state index in [2.05, 4.69) is 15.0 Å². The summed E-state index contributed by atoms with van der Waals surface area (Å²) >= 11 is 11.2. The minimum atomic E-state index is -0.384. The summed E-state index contributed by atoms with van der Waals surface area (Å²) < 4.78 is 0. The Bertz CT molecular complexity index is 579. The second-order valence-corrected chi connectivity index (χ2v) is 3.98. The third-order valence-corrected chi connectivity index (χ3v) is 2.37. The van der Waals surface area contributed by atoms with Crippen LogP contribution in [-0.4, -0.2) is 20.7 Å². The molecule has 0 unspecified atom stereocenters. The number of allylic oxidation sites excluding steroid dienone is 1. The molecular formula is C12H7Cl2N3O. The third-order valence-electron chi connectivity index (χ3n) is 2.03. The van der Waals surface area contributed by atoms with Gasteiger partial charge in [-0.05, 0) is 34.8 Å². The first-order chi connectivity index (χ1) is 8.65. The van der Waals surface area contributed by atoms with Crippen LogP contribution in [0.25, 0.3) is 6.08 Å². The number of rotatable bonds is 3. The Labute approximate surface area is 113 Å². The van der Waals surface area contributed by atoms with Crippen LogP contribution in [-0.2, 0) is 0 Å². The largest absolute Gasteiger partial charge is 0.286 e. The molecule has 6 heteroatoms. The van der Waals surface area contributed by atoms with Crippen LogP contribution >= 0.6 is 23.2 Å². The second-order valence-electron chi connectivity index (χ2n) is 3.31. The number of ketones is 1. The average molecular weight is 280 g/mol. The van der Waals surface area contributed by atoms with Crippen molar-refractivity contribution in [2.75, 3.05) is 0 Å². The summed E-state index contributed by atoms with van der Waals surface area (Å²) in [6.45, 7) is 0. The summed E-state index contributed by atoms with van der Waals surface area (Å²) in [6.07, 6.45) is 3.02. The van der Waals surface area contributed by atoms with Crippen molar-refractivity contribution in [3.8, 4) is 0 Å². The lowest BCUT2D eigenvalue weighted by molar-refractivity contribution is 0.103. The predicted molar refractivity (Wildman–Crippen MR) is 69.7 cm³/mol. The molecule has 0 fully saturated rings. The highest BCUT2D eigenvalue weighted by atomic mass is 35.5. The van der Waals surface area contributed by atoms with Crippen molar-refractivity contribution in [2.45, 2.75) is 0 Å². The molecule has 0 saturated carbocycles. The number of aromatic nitrogens is 3. The first-order valence-corrected chi connectivity index (χ1v) is 5.75. The van der Waals surface area contributed by atoms with Gasteiger partial charge in [0.1, 0.15) is 0 Å². The number of benzene rings is 1. The zero-order valence-electron chi connectivity index (χ0n) is 9.05. The van der Waals surface area contributed by atoms with Crippen LogP contribution in [0.2, 0.25) is 10.6 Å². The van der Waals surface area contributed by atoms with Gasteiger partial charge in [0, 0.05) is 0 Å². The Morgan fingerprint density at radius 3 is 2.22 bits per heavy atom. The summed E-state index contributed by atoms with van der Waals surface area (Å²) in [5, 5.41) is -0.210. The Kier molecular flexibility index (Phi) is 4.02. The van der Waals surface area contributed by atoms with E-state index >= 15 is 0 Å². The van der Waals surface area contributed by atoms with Crippen molar-refractivity contribution >= 4 is 35.1 Å². The molecule has 0 spiro atoms. The van der Waals surface area contributed by atoms with Crippen LogP contribution in [0.1, 0.15) is 16.2 Å². The van der Waals surface area contributed by atoms with Crippen LogP contribution in [0.4, 0.5) is 0 Å². The lowest BCUT2D eigenvalue weighted by atomic mass is 10.2. The number of carbonyl (C=O) groups excluding carboxylic acids is 1. The molecule has 0 aliphatic carbocycles. The van der Waals surface area contributed by atoms with Crippen molar-refractivity contribution in [1.82, 2.24) is 15.0 Å². The zero-order valence-corrected chi connectivity index (χ0v) is 10.6. The summed E-state index contributed by atoms with van der Waals surface area (Å²) in [4.78, 5) is 22.7. The molecule has 0 atom stereocenters. The second kappa shape index (κ2) is 5.71. The monoisotopic (exact) mass is 279 g/mol. The van der Waals surface area contributed by atoms with E-state index in [9.17, 15) is 4.79 Å². The minimum Gasteiger partial charge on any atom is -0.286 e. The van der Waals surface area contributed by atoms with Crippen molar-refractivity contribution in [3.05, 3.63) is 58.4 Å². The highest BCUT2D eigenvalue weighted by Gasteiger charge is 2.09. The zero-order chi connectivity index (χ0) is 13.0. The first-order valence-electron chi connectivity index (χ1n) is 5.00. The van der Waals surface area contributed by atoms with Gasteiger partial charge in [-0.1, -0.05) is 36.4 Å². The van der Waals surface area contributed by atoms with Crippen molar-refractivity contribution in [2.24, 2.45) is 0 Å². The lowest BCUT2D eigenvalue weighted by Gasteiger charge is -1.96. The van der Waals surface area contributed by atoms with Gasteiger partial charge in [0.05, 0.1) is 0 Å². The van der Waals surface area contributed by atoms with Crippen molar-refractivity contribution < 1.29 is 4.79 Å². The van der Waals surface area contributed by atoms with Gasteiger partial charge in [-0.25, -0.2) is 0 Å². The molecule has 0 amide bonds. The molecule has 2 aromatic rings. The van der Waals surface area contributed by atoms with E-state index in [0.29, 0.717) is 0 Å². The van der Waals surface area contributed by atoms with E-state index in [1.165, 1.54) is 6.08 Å². The summed E-state index contributed by atoms with van der Waals surface area (Å²) in [5.74, 6) is -0.461. The Balaban J connectivity index is 2.20. The fourth-order valence-electron chi connectivity index (χ4n) is 1.25. The maximum atomic E-state index is 11.8. The van der Waals surface area contributed by atoms with E-state index in [1.54, 1.807) is 6.08 Å². The normalized spacial score (nSPS) is 10.8. The number of hydrogen-bond donors (Lipinski definition) is 0. The minimum absolute atomic E-state index is 0.0767. The van der Waals surface area contributed by atoms with Crippen LogP contribution in [0.5, 0.6) is 0 Å². The van der Waals surface area contributed by atoms with E-state index in [1.807, 2.05) is 30.3 Å². The predicted octanol–water partition coefficient (Wildman–Crippen LogP) is 3.07. The van der Waals surface area contributed by atoms with Gasteiger partial charge < -0.3 is 0 Å². The van der Waals surface area contributed by atoms with Gasteiger partial charge in [0.15, 0.2) is 0 Å². The van der Waals surface area contributed by atoms with Gasteiger partial charge in [0.2, 0.25) is 22.2 Å². The Morgan fingerprint density at radius 1 is 1.00 bits per heavy atom. The molecular weight excluding hydrogens is 273 g/mol. The van der Waals surface area contributed by atoms with Gasteiger partial charge >= 0.3 is 0 Å². The van der Waals surface area contributed by atoms with E-state index in [0.717, 1.165) is 5.56 Å². The summed E-state index contributed by atoms with van der Waals surface area (Å²) in [6, 6.07) is 9.39. The van der Waals surface area contributed by atoms with E-state index in [-0.39, 0.29) is 22.2 Å². The van der Waals surface area contributed by atoms with Crippen molar-refractivity contribution in [1.29, 1.82) is 0 Å². The molecule has 2 rings (SSSR count). The molecule has 0 saturated heterocycles. The fourth-order valence-corrected chi connectivity index (χ4v) is 1.61. The SMILES string of the molecule is O=C(C=Cc1ccccc1)c1nc(Cl)nc(Cl)n1. The Hall–Kier alpha value is -1.78. The van der Waals surface area contributed by atoms with E-state index in [4.69, 9.17) is 23.2 Å². The maximum Gasteiger partial charge on any atom is 0.227 e. The molecule has 0 bridgehead atoms. The van der Waals surface area contributed by atoms with Gasteiger partial charge in [0.25, 0.3) is 0 Å². The molecule has 1 aromatic carbocycles. The molecule has 1 aromatic heterocycles. The van der Waals surface area contributed by atoms with Crippen LogP contribution < -0.4 is 0 Å². The molecule has 18 heavy (non-hydrogen) atoms. The van der Waals surface area contributed by atoms with Gasteiger partial charge in [-0.15, -0.1) is 0 Å². The summed E-state index contributed by atoms with van der Waals surface area (Å²) in [5.41, 5.74) is 0.900. The lowest BCUT2D eigenvalue weighted by Crippen LogP contribution is -2.04. The Morgan fingerprint density at radius 2 is 1.61 bits per heavy atom. The van der Waals surface area contributed by atoms with E-state index < -0.39 is 0 Å². The smallest absolute Gasteiger partial charge is 0.227 e. The topological polar surface area (TPSA) is 55.7 Å². The molecule has 4 nitrogen and oxygen atoms in total. The highest BCUT2D eigenvalue weighted by molar-refractivity contribution is 6.31. The van der Waals surface area contributed by atoms with Crippen LogP contribution in [0, 0.1) is 0 Å². The molecule has 0 radical (unpaired) electrons. The number of hydrogen-bond acceptors (Lipinski definition) is 4. The quantitative estimate of drug-likeness (QED) is 0.640. The molecule has 0 aliphatic rings. The fraction of sp³-hybridized carbons (Fsp3) is 0. The number of carbonyl (C=O) groups is 1. The first kappa shape index (κ1) is 12.7. The molecule has 90 valence electrons. The standard InChI is InChI=1S/C12H7Cl2N3O/c13-11-15-10(16-12(14)17-11)9(18)7-6-8-4-2-1-3-5-8/h1-7H. The average Bonchev–Trinajstić information content (AvgIpc) is 2.36. The highest BCUT2D eigenvalue weighted by Crippen LogP contribution is 2.08. The van der Waals surface area contributed by atoms with Gasteiger partial charge in [-0.2, -0.15) is 15.0 Å². The molecule has 0 aliphatic heterocycles. The maximum absolute atomic E-state index is 11.8. The third kappa shape index (κ3) is 3.35. The van der Waals surface area contributed by atoms with Gasteiger partial charge in [-0.3, -0.25) is 4.79 Å². The van der Waals surface area contributed by atoms with Crippen molar-refractivity contribution in [3.63, 3.8) is 0 Å².